The summed E-state index contributed by atoms with van der Waals surface area (Å²) in [5.74, 6) is 1.99. The predicted molar refractivity (Wildman–Crippen MR) is 155 cm³/mol. The second kappa shape index (κ2) is 10.3. The summed E-state index contributed by atoms with van der Waals surface area (Å²) in [7, 11) is 0. The van der Waals surface area contributed by atoms with E-state index in [9.17, 15) is 0 Å². The summed E-state index contributed by atoms with van der Waals surface area (Å²) >= 11 is 3.50. The summed E-state index contributed by atoms with van der Waals surface area (Å²) in [5, 5.41) is 0. The van der Waals surface area contributed by atoms with Crippen molar-refractivity contribution >= 4 is 15.9 Å². The second-order valence-corrected chi connectivity index (χ2v) is 9.62. The summed E-state index contributed by atoms with van der Waals surface area (Å²) in [6.45, 7) is 0. The van der Waals surface area contributed by atoms with E-state index in [2.05, 4.69) is 88.7 Å². The molecule has 0 aliphatic rings. The van der Waals surface area contributed by atoms with Crippen LogP contribution in [0.5, 0.6) is 0 Å². The third-order valence-electron chi connectivity index (χ3n) is 6.24. The van der Waals surface area contributed by atoms with Gasteiger partial charge in [0.15, 0.2) is 17.5 Å². The van der Waals surface area contributed by atoms with Gasteiger partial charge in [-0.1, -0.05) is 137 Å². The van der Waals surface area contributed by atoms with Crippen molar-refractivity contribution < 1.29 is 0 Å². The number of benzene rings is 5. The highest BCUT2D eigenvalue weighted by atomic mass is 79.9. The molecule has 0 saturated heterocycles. The third kappa shape index (κ3) is 5.11. The number of hydrogen-bond donors (Lipinski definition) is 0. The average molecular weight is 540 g/mol. The van der Waals surface area contributed by atoms with Crippen LogP contribution in [-0.4, -0.2) is 15.0 Å². The molecular formula is C33H22BrN3. The van der Waals surface area contributed by atoms with Crippen molar-refractivity contribution in [2.45, 2.75) is 0 Å². The molecule has 37 heavy (non-hydrogen) atoms. The maximum Gasteiger partial charge on any atom is 0.164 e. The molecule has 0 bridgehead atoms. The van der Waals surface area contributed by atoms with Crippen LogP contribution in [-0.2, 0) is 0 Å². The third-order valence-corrected chi connectivity index (χ3v) is 6.77. The molecule has 0 aliphatic carbocycles. The molecule has 0 N–H and O–H groups in total. The maximum absolute atomic E-state index is 4.83. The first kappa shape index (κ1) is 23.0. The molecule has 6 rings (SSSR count). The van der Waals surface area contributed by atoms with Gasteiger partial charge in [-0.15, -0.1) is 0 Å². The van der Waals surface area contributed by atoms with Crippen molar-refractivity contribution in [2.75, 3.05) is 0 Å². The Kier molecular flexibility index (Phi) is 6.40. The second-order valence-electron chi connectivity index (χ2n) is 8.70. The Hall–Kier alpha value is -4.41. The Balaban J connectivity index is 1.33. The molecule has 5 aromatic carbocycles. The van der Waals surface area contributed by atoms with Crippen molar-refractivity contribution in [1.29, 1.82) is 0 Å². The Labute approximate surface area is 224 Å². The zero-order valence-electron chi connectivity index (χ0n) is 19.9. The zero-order chi connectivity index (χ0) is 25.0. The molecule has 0 aliphatic heterocycles. The van der Waals surface area contributed by atoms with Crippen molar-refractivity contribution in [3.8, 4) is 56.4 Å². The SMILES string of the molecule is Brc1ccc(-c2ccc(-c3ccc(-c4nc(-c5ccccc5)nc(-c5ccccc5)n4)cc3)cc2)cc1. The van der Waals surface area contributed by atoms with Crippen molar-refractivity contribution in [3.05, 3.63) is 138 Å². The van der Waals surface area contributed by atoms with Crippen LogP contribution in [0.3, 0.4) is 0 Å². The normalized spacial score (nSPS) is 10.8. The van der Waals surface area contributed by atoms with Gasteiger partial charge in [0.1, 0.15) is 0 Å². The Bertz CT molecular complexity index is 1570. The monoisotopic (exact) mass is 539 g/mol. The summed E-state index contributed by atoms with van der Waals surface area (Å²) in [5.41, 5.74) is 7.58. The number of aromatic nitrogens is 3. The number of hydrogen-bond acceptors (Lipinski definition) is 3. The molecule has 1 aromatic heterocycles. The highest BCUT2D eigenvalue weighted by Crippen LogP contribution is 2.29. The molecule has 176 valence electrons. The molecule has 0 spiro atoms. The van der Waals surface area contributed by atoms with Crippen molar-refractivity contribution in [3.63, 3.8) is 0 Å². The zero-order valence-corrected chi connectivity index (χ0v) is 21.5. The highest BCUT2D eigenvalue weighted by molar-refractivity contribution is 9.10. The van der Waals surface area contributed by atoms with Gasteiger partial charge < -0.3 is 0 Å². The van der Waals surface area contributed by atoms with E-state index < -0.39 is 0 Å². The molecule has 3 nitrogen and oxygen atoms in total. The van der Waals surface area contributed by atoms with Gasteiger partial charge in [-0.2, -0.15) is 0 Å². The Morgan fingerprint density at radius 3 is 0.919 bits per heavy atom. The lowest BCUT2D eigenvalue weighted by atomic mass is 9.99. The largest absolute Gasteiger partial charge is 0.208 e. The van der Waals surface area contributed by atoms with Crippen LogP contribution >= 0.6 is 15.9 Å². The lowest BCUT2D eigenvalue weighted by molar-refractivity contribution is 1.07. The van der Waals surface area contributed by atoms with E-state index in [4.69, 9.17) is 15.0 Å². The van der Waals surface area contributed by atoms with E-state index in [0.29, 0.717) is 17.5 Å². The van der Waals surface area contributed by atoms with Crippen LogP contribution in [0, 0.1) is 0 Å². The van der Waals surface area contributed by atoms with Gasteiger partial charge in [0.2, 0.25) is 0 Å². The van der Waals surface area contributed by atoms with Crippen LogP contribution in [0.2, 0.25) is 0 Å². The Morgan fingerprint density at radius 2 is 0.568 bits per heavy atom. The molecule has 6 aromatic rings. The summed E-state index contributed by atoms with van der Waals surface area (Å²) < 4.78 is 1.08. The first-order chi connectivity index (χ1) is 18.2. The Morgan fingerprint density at radius 1 is 0.297 bits per heavy atom. The minimum Gasteiger partial charge on any atom is -0.208 e. The van der Waals surface area contributed by atoms with Gasteiger partial charge in [0.05, 0.1) is 0 Å². The van der Waals surface area contributed by atoms with E-state index >= 15 is 0 Å². The number of nitrogens with zero attached hydrogens (tertiary/aromatic N) is 3. The van der Waals surface area contributed by atoms with Gasteiger partial charge in [-0.25, -0.2) is 15.0 Å². The molecule has 0 atom stereocenters. The molecule has 0 fully saturated rings. The van der Waals surface area contributed by atoms with Crippen LogP contribution in [0.1, 0.15) is 0 Å². The van der Waals surface area contributed by atoms with Crippen LogP contribution in [0.25, 0.3) is 56.4 Å². The van der Waals surface area contributed by atoms with E-state index in [0.717, 1.165) is 32.3 Å². The summed E-state index contributed by atoms with van der Waals surface area (Å²) in [4.78, 5) is 14.4. The maximum atomic E-state index is 4.83. The molecule has 0 saturated carbocycles. The molecule has 1 heterocycles. The van der Waals surface area contributed by atoms with E-state index in [1.165, 1.54) is 11.1 Å². The fourth-order valence-corrected chi connectivity index (χ4v) is 4.51. The number of rotatable bonds is 5. The average Bonchev–Trinajstić information content (AvgIpc) is 2.98. The first-order valence-electron chi connectivity index (χ1n) is 12.1. The van der Waals surface area contributed by atoms with Gasteiger partial charge in [0, 0.05) is 21.2 Å². The van der Waals surface area contributed by atoms with Crippen LogP contribution < -0.4 is 0 Å². The number of halogens is 1. The van der Waals surface area contributed by atoms with E-state index in [1.54, 1.807) is 0 Å². The van der Waals surface area contributed by atoms with E-state index in [1.807, 2.05) is 60.7 Å². The van der Waals surface area contributed by atoms with Crippen molar-refractivity contribution in [1.82, 2.24) is 15.0 Å². The fourth-order valence-electron chi connectivity index (χ4n) is 4.25. The molecule has 0 radical (unpaired) electrons. The minimum absolute atomic E-state index is 0.657. The lowest BCUT2D eigenvalue weighted by Crippen LogP contribution is -2.00. The fraction of sp³-hybridized carbons (Fsp3) is 0. The van der Waals surface area contributed by atoms with Gasteiger partial charge in [-0.3, -0.25) is 0 Å². The summed E-state index contributed by atoms with van der Waals surface area (Å²) in [6.07, 6.45) is 0. The van der Waals surface area contributed by atoms with Crippen molar-refractivity contribution in [2.24, 2.45) is 0 Å². The summed E-state index contributed by atoms with van der Waals surface area (Å²) in [6, 6.07) is 45.5. The standard InChI is InChI=1S/C33H22BrN3/c34-30-21-19-26(20-22-30)24-13-11-23(12-14-24)25-15-17-29(18-16-25)33-36-31(27-7-3-1-4-8-27)35-32(37-33)28-9-5-2-6-10-28/h1-22H. The quantitative estimate of drug-likeness (QED) is 0.219. The molecule has 0 amide bonds. The predicted octanol–water partition coefficient (Wildman–Crippen LogP) is 8.97. The van der Waals surface area contributed by atoms with Gasteiger partial charge >= 0.3 is 0 Å². The molecule has 4 heteroatoms. The van der Waals surface area contributed by atoms with Crippen LogP contribution in [0.4, 0.5) is 0 Å². The molecule has 0 unspecified atom stereocenters. The molecular weight excluding hydrogens is 518 g/mol. The smallest absolute Gasteiger partial charge is 0.164 e. The topological polar surface area (TPSA) is 38.7 Å². The highest BCUT2D eigenvalue weighted by Gasteiger charge is 2.12. The van der Waals surface area contributed by atoms with Gasteiger partial charge in [-0.05, 0) is 34.4 Å². The van der Waals surface area contributed by atoms with Gasteiger partial charge in [0.25, 0.3) is 0 Å². The van der Waals surface area contributed by atoms with E-state index in [-0.39, 0.29) is 0 Å². The lowest BCUT2D eigenvalue weighted by Gasteiger charge is -2.09. The van der Waals surface area contributed by atoms with Crippen LogP contribution in [0.15, 0.2) is 138 Å². The minimum atomic E-state index is 0.657. The first-order valence-corrected chi connectivity index (χ1v) is 12.9.